The molecular formula is C26H20ClFN6O2. The van der Waals surface area contributed by atoms with Gasteiger partial charge in [-0.15, -0.1) is 10.2 Å². The second-order valence-corrected chi connectivity index (χ2v) is 9.08. The molecule has 2 aromatic carbocycles. The van der Waals surface area contributed by atoms with Crippen molar-refractivity contribution in [2.24, 2.45) is 0 Å². The molecule has 1 N–H and O–H groups in total. The Morgan fingerprint density at radius 1 is 1.08 bits per heavy atom. The van der Waals surface area contributed by atoms with Gasteiger partial charge in [-0.25, -0.2) is 9.37 Å². The molecule has 0 aliphatic carbocycles. The fraction of sp³-hybridized carbons (Fsp3) is 0.154. The number of methoxy groups -OCH3 is 1. The fourth-order valence-corrected chi connectivity index (χ4v) is 4.83. The number of carbonyl (C=O) groups is 1. The van der Waals surface area contributed by atoms with Gasteiger partial charge in [0.05, 0.1) is 24.1 Å². The molecule has 0 bridgehead atoms. The molecule has 1 amide bonds. The van der Waals surface area contributed by atoms with Gasteiger partial charge in [0.1, 0.15) is 29.3 Å². The highest BCUT2D eigenvalue weighted by Crippen LogP contribution is 2.43. The Morgan fingerprint density at radius 3 is 2.61 bits per heavy atom. The summed E-state index contributed by atoms with van der Waals surface area (Å²) >= 11 is 6.16. The van der Waals surface area contributed by atoms with Crippen LogP contribution in [0.4, 0.5) is 10.1 Å². The van der Waals surface area contributed by atoms with Crippen LogP contribution in [0.15, 0.2) is 54.7 Å². The Kier molecular flexibility index (Phi) is 5.04. The minimum atomic E-state index is -0.494. The maximum absolute atomic E-state index is 13.9. The van der Waals surface area contributed by atoms with Gasteiger partial charge in [0, 0.05) is 17.3 Å². The Bertz CT molecular complexity index is 1660. The van der Waals surface area contributed by atoms with Gasteiger partial charge in [-0.1, -0.05) is 23.7 Å². The number of nitrogens with one attached hydrogen (secondary N) is 1. The van der Waals surface area contributed by atoms with Crippen LogP contribution in [0.5, 0.6) is 5.75 Å². The first-order valence-corrected chi connectivity index (χ1v) is 11.6. The molecule has 1 aliphatic heterocycles. The number of halogens is 2. The standard InChI is InChI=1S/C26H20ClFN6O2/c1-13-10-18(12-33-14(2)31-32-25(13)33)34-23(15-4-6-16(27)7-5-15)21-22(26(34)35)30-24(29-21)19-9-8-17(28)11-20(19)36-3/h4-12,23H,1-3H3,(H,29,30). The molecule has 0 saturated carbocycles. The van der Waals surface area contributed by atoms with Crippen molar-refractivity contribution >= 4 is 28.8 Å². The first-order chi connectivity index (χ1) is 17.4. The van der Waals surface area contributed by atoms with Crippen LogP contribution in [0.25, 0.3) is 17.0 Å². The number of rotatable bonds is 4. The molecule has 10 heteroatoms. The van der Waals surface area contributed by atoms with Crippen molar-refractivity contribution in [1.82, 2.24) is 24.6 Å². The van der Waals surface area contributed by atoms with E-state index >= 15 is 0 Å². The number of hydrogen-bond acceptors (Lipinski definition) is 5. The largest absolute Gasteiger partial charge is 0.496 e. The molecule has 0 saturated heterocycles. The summed E-state index contributed by atoms with van der Waals surface area (Å²) in [6.07, 6.45) is 1.86. The fourth-order valence-electron chi connectivity index (χ4n) is 4.70. The van der Waals surface area contributed by atoms with Gasteiger partial charge in [0.2, 0.25) is 0 Å². The summed E-state index contributed by atoms with van der Waals surface area (Å²) in [6, 6.07) is 13.0. The second-order valence-electron chi connectivity index (χ2n) is 8.64. The minimum absolute atomic E-state index is 0.266. The number of hydrogen-bond donors (Lipinski definition) is 1. The summed E-state index contributed by atoms with van der Waals surface area (Å²) in [5.74, 6) is 0.764. The number of nitrogens with zero attached hydrogens (tertiary/aromatic N) is 5. The molecule has 3 aromatic heterocycles. The molecule has 0 radical (unpaired) electrons. The van der Waals surface area contributed by atoms with Crippen LogP contribution >= 0.6 is 11.6 Å². The number of ether oxygens (including phenoxy) is 1. The van der Waals surface area contributed by atoms with E-state index in [1.165, 1.54) is 19.2 Å². The quantitative estimate of drug-likeness (QED) is 0.361. The molecule has 180 valence electrons. The highest BCUT2D eigenvalue weighted by atomic mass is 35.5. The smallest absolute Gasteiger partial charge is 0.279 e. The number of carbonyl (C=O) groups excluding carboxylic acids is 1. The van der Waals surface area contributed by atoms with Gasteiger partial charge >= 0.3 is 0 Å². The van der Waals surface area contributed by atoms with Crippen LogP contribution in [0.3, 0.4) is 0 Å². The lowest BCUT2D eigenvalue weighted by Gasteiger charge is -2.26. The lowest BCUT2D eigenvalue weighted by molar-refractivity contribution is 0.0989. The molecule has 5 aromatic rings. The van der Waals surface area contributed by atoms with Crippen molar-refractivity contribution < 1.29 is 13.9 Å². The number of benzene rings is 2. The third-order valence-electron chi connectivity index (χ3n) is 6.41. The number of anilines is 1. The average Bonchev–Trinajstić information content (AvgIpc) is 3.53. The van der Waals surface area contributed by atoms with Crippen LogP contribution in [0.2, 0.25) is 5.02 Å². The summed E-state index contributed by atoms with van der Waals surface area (Å²) in [5, 5.41) is 8.98. The number of aromatic nitrogens is 5. The van der Waals surface area contributed by atoms with E-state index in [0.717, 1.165) is 16.8 Å². The van der Waals surface area contributed by atoms with Crippen LogP contribution in [0.1, 0.15) is 39.2 Å². The van der Waals surface area contributed by atoms with Crippen LogP contribution < -0.4 is 9.64 Å². The summed E-state index contributed by atoms with van der Waals surface area (Å²) in [7, 11) is 1.46. The van der Waals surface area contributed by atoms with Crippen molar-refractivity contribution in [2.45, 2.75) is 19.9 Å². The van der Waals surface area contributed by atoms with E-state index in [-0.39, 0.29) is 11.6 Å². The summed E-state index contributed by atoms with van der Waals surface area (Å²) in [6.45, 7) is 3.79. The second kappa shape index (κ2) is 8.17. The van der Waals surface area contributed by atoms with Gasteiger partial charge in [-0.2, -0.15) is 0 Å². The molecule has 36 heavy (non-hydrogen) atoms. The van der Waals surface area contributed by atoms with Gasteiger partial charge in [0.15, 0.2) is 11.3 Å². The number of amides is 1. The van der Waals surface area contributed by atoms with E-state index < -0.39 is 11.9 Å². The Morgan fingerprint density at radius 2 is 1.86 bits per heavy atom. The zero-order valence-corrected chi connectivity index (χ0v) is 20.3. The van der Waals surface area contributed by atoms with Gasteiger partial charge < -0.3 is 9.72 Å². The topological polar surface area (TPSA) is 88.4 Å². The molecule has 0 spiro atoms. The molecule has 4 heterocycles. The molecule has 6 rings (SSSR count). The first kappa shape index (κ1) is 22.2. The third kappa shape index (κ3) is 3.35. The number of pyridine rings is 1. The normalized spacial score (nSPS) is 15.1. The van der Waals surface area contributed by atoms with E-state index in [0.29, 0.717) is 39.4 Å². The maximum atomic E-state index is 13.9. The Balaban J connectivity index is 1.54. The highest BCUT2D eigenvalue weighted by molar-refractivity contribution is 6.30. The Labute approximate surface area is 210 Å². The van der Waals surface area contributed by atoms with Gasteiger partial charge in [0.25, 0.3) is 5.91 Å². The van der Waals surface area contributed by atoms with Gasteiger partial charge in [-0.05, 0) is 55.3 Å². The van der Waals surface area contributed by atoms with Crippen molar-refractivity contribution in [3.05, 3.63) is 93.9 Å². The maximum Gasteiger partial charge on any atom is 0.279 e. The predicted octanol–water partition coefficient (Wildman–Crippen LogP) is 5.29. The minimum Gasteiger partial charge on any atom is -0.496 e. The number of aromatic amines is 1. The zero-order chi connectivity index (χ0) is 25.1. The number of H-pyrrole nitrogens is 1. The molecule has 1 unspecified atom stereocenters. The molecule has 8 nitrogen and oxygen atoms in total. The third-order valence-corrected chi connectivity index (χ3v) is 6.66. The van der Waals surface area contributed by atoms with Crippen molar-refractivity contribution in [3.8, 4) is 17.1 Å². The number of imidazole rings is 1. The predicted molar refractivity (Wildman–Crippen MR) is 133 cm³/mol. The Hall–Kier alpha value is -4.24. The van der Waals surface area contributed by atoms with E-state index in [4.69, 9.17) is 16.3 Å². The lowest BCUT2D eigenvalue weighted by atomic mass is 10.0. The van der Waals surface area contributed by atoms with Gasteiger partial charge in [-0.3, -0.25) is 14.1 Å². The summed E-state index contributed by atoms with van der Waals surface area (Å²) in [5.41, 5.74) is 4.62. The summed E-state index contributed by atoms with van der Waals surface area (Å²) < 4.78 is 21.0. The molecular weight excluding hydrogens is 483 g/mol. The van der Waals surface area contributed by atoms with E-state index in [1.807, 2.05) is 42.6 Å². The van der Waals surface area contributed by atoms with Crippen LogP contribution in [-0.4, -0.2) is 37.6 Å². The van der Waals surface area contributed by atoms with Crippen molar-refractivity contribution in [2.75, 3.05) is 12.0 Å². The highest BCUT2D eigenvalue weighted by Gasteiger charge is 2.42. The van der Waals surface area contributed by atoms with E-state index in [9.17, 15) is 9.18 Å². The molecule has 0 fully saturated rings. The zero-order valence-electron chi connectivity index (χ0n) is 19.6. The van der Waals surface area contributed by atoms with E-state index in [2.05, 4.69) is 20.2 Å². The SMILES string of the molecule is COc1cc(F)ccc1-c1nc2c([nH]1)C(c1ccc(Cl)cc1)N(c1cc(C)c3nnc(C)n3c1)C2=O. The van der Waals surface area contributed by atoms with Crippen LogP contribution in [-0.2, 0) is 0 Å². The summed E-state index contributed by atoms with van der Waals surface area (Å²) in [4.78, 5) is 23.5. The monoisotopic (exact) mass is 502 g/mol. The van der Waals surface area contributed by atoms with Crippen molar-refractivity contribution in [1.29, 1.82) is 0 Å². The number of fused-ring (bicyclic) bond motifs is 2. The average molecular weight is 503 g/mol. The van der Waals surface area contributed by atoms with E-state index in [1.54, 1.807) is 23.1 Å². The van der Waals surface area contributed by atoms with Crippen LogP contribution in [0, 0.1) is 19.7 Å². The first-order valence-electron chi connectivity index (χ1n) is 11.2. The molecule has 1 atom stereocenters. The van der Waals surface area contributed by atoms with Crippen molar-refractivity contribution in [3.63, 3.8) is 0 Å². The number of aryl methyl sites for hydroxylation is 2. The lowest BCUT2D eigenvalue weighted by Crippen LogP contribution is -2.29. The molecule has 1 aliphatic rings.